The molecule has 21 heavy (non-hydrogen) atoms. The fourth-order valence-electron chi connectivity index (χ4n) is 3.35. The molecule has 0 spiro atoms. The molecule has 2 heterocycles. The number of piperidine rings is 2. The molecular weight excluding hydrogens is 270 g/mol. The Morgan fingerprint density at radius 2 is 1.48 bits per heavy atom. The number of carboxylic acid groups (broad SMARTS) is 1. The maximum Gasteiger partial charge on any atom is 0.319 e. The minimum absolute atomic E-state index is 0.140. The summed E-state index contributed by atoms with van der Waals surface area (Å²) in [5, 5.41) is 8.82. The number of carbonyl (C=O) groups excluding carboxylic acids is 1. The highest BCUT2D eigenvalue weighted by Gasteiger charge is 2.30. The zero-order valence-corrected chi connectivity index (χ0v) is 13.1. The van der Waals surface area contributed by atoms with Gasteiger partial charge >= 0.3 is 12.0 Å². The van der Waals surface area contributed by atoms with Crippen LogP contribution in [-0.4, -0.2) is 78.1 Å². The van der Waals surface area contributed by atoms with E-state index in [1.165, 1.54) is 0 Å². The Balaban J connectivity index is 1.76. The lowest BCUT2D eigenvalue weighted by Gasteiger charge is -2.39. The van der Waals surface area contributed by atoms with E-state index >= 15 is 0 Å². The van der Waals surface area contributed by atoms with Crippen molar-refractivity contribution >= 4 is 12.0 Å². The quantitative estimate of drug-likeness (QED) is 0.853. The number of likely N-dealkylation sites (tertiary alicyclic amines) is 2. The van der Waals surface area contributed by atoms with Crippen molar-refractivity contribution in [2.24, 2.45) is 5.92 Å². The maximum atomic E-state index is 12.5. The molecule has 0 atom stereocenters. The number of hydrogen-bond acceptors (Lipinski definition) is 3. The molecule has 0 aromatic rings. The summed E-state index contributed by atoms with van der Waals surface area (Å²) in [5.41, 5.74) is 0. The number of carbonyl (C=O) groups is 2. The molecule has 0 radical (unpaired) electrons. The van der Waals surface area contributed by atoms with Crippen LogP contribution in [0.2, 0.25) is 0 Å². The van der Waals surface area contributed by atoms with Crippen LogP contribution in [0.3, 0.4) is 0 Å². The molecule has 2 fully saturated rings. The van der Waals surface area contributed by atoms with Gasteiger partial charge in [-0.2, -0.15) is 0 Å². The van der Waals surface area contributed by atoms with E-state index in [0.29, 0.717) is 19.1 Å². The van der Waals surface area contributed by atoms with Gasteiger partial charge in [0.25, 0.3) is 0 Å². The minimum atomic E-state index is -0.731. The summed E-state index contributed by atoms with van der Waals surface area (Å²) in [6.07, 6.45) is 3.93. The van der Waals surface area contributed by atoms with Crippen molar-refractivity contribution in [3.63, 3.8) is 0 Å². The van der Waals surface area contributed by atoms with Gasteiger partial charge in [-0.3, -0.25) is 4.79 Å². The Labute approximate surface area is 126 Å². The van der Waals surface area contributed by atoms with Crippen molar-refractivity contribution in [1.29, 1.82) is 0 Å². The summed E-state index contributed by atoms with van der Waals surface area (Å²) in [4.78, 5) is 29.3. The van der Waals surface area contributed by atoms with Crippen LogP contribution in [-0.2, 0) is 4.79 Å². The predicted molar refractivity (Wildman–Crippen MR) is 80.2 cm³/mol. The molecule has 0 aromatic heterocycles. The fraction of sp³-hybridized carbons (Fsp3) is 0.867. The Hall–Kier alpha value is -1.30. The highest BCUT2D eigenvalue weighted by Crippen LogP contribution is 2.22. The molecule has 0 aliphatic carbocycles. The lowest BCUT2D eigenvalue weighted by atomic mass is 9.94. The van der Waals surface area contributed by atoms with Crippen LogP contribution in [0.4, 0.5) is 4.79 Å². The molecule has 2 amide bonds. The number of aliphatic carboxylic acids is 1. The summed E-state index contributed by atoms with van der Waals surface area (Å²) >= 11 is 0. The average molecular weight is 297 g/mol. The second-order valence-corrected chi connectivity index (χ2v) is 6.49. The van der Waals surface area contributed by atoms with Gasteiger partial charge in [0, 0.05) is 38.6 Å². The van der Waals surface area contributed by atoms with Gasteiger partial charge in [-0.25, -0.2) is 4.79 Å². The van der Waals surface area contributed by atoms with Gasteiger partial charge in [0.05, 0.1) is 0 Å². The number of amides is 2. The van der Waals surface area contributed by atoms with Crippen LogP contribution >= 0.6 is 0 Å². The smallest absolute Gasteiger partial charge is 0.319 e. The van der Waals surface area contributed by atoms with E-state index in [1.54, 1.807) is 0 Å². The monoisotopic (exact) mass is 297 g/mol. The third kappa shape index (κ3) is 4.33. The van der Waals surface area contributed by atoms with Crippen LogP contribution in [0, 0.1) is 5.92 Å². The van der Waals surface area contributed by atoms with Gasteiger partial charge in [0.1, 0.15) is 0 Å². The summed E-state index contributed by atoms with van der Waals surface area (Å²) in [6.45, 7) is 3.06. The minimum Gasteiger partial charge on any atom is -0.481 e. The van der Waals surface area contributed by atoms with E-state index in [0.717, 1.165) is 38.8 Å². The lowest BCUT2D eigenvalue weighted by molar-refractivity contribution is -0.138. The first-order valence-corrected chi connectivity index (χ1v) is 7.89. The van der Waals surface area contributed by atoms with Gasteiger partial charge in [-0.15, -0.1) is 0 Å². The molecule has 6 nitrogen and oxygen atoms in total. The molecule has 6 heteroatoms. The van der Waals surface area contributed by atoms with Crippen LogP contribution in [0.15, 0.2) is 0 Å². The van der Waals surface area contributed by atoms with E-state index in [4.69, 9.17) is 5.11 Å². The van der Waals surface area contributed by atoms with Gasteiger partial charge in [0.2, 0.25) is 0 Å². The molecule has 0 bridgehead atoms. The Morgan fingerprint density at radius 3 is 1.90 bits per heavy atom. The Morgan fingerprint density at radius 1 is 1.00 bits per heavy atom. The second-order valence-electron chi connectivity index (χ2n) is 6.49. The molecule has 1 N–H and O–H groups in total. The summed E-state index contributed by atoms with van der Waals surface area (Å²) in [7, 11) is 4.19. The highest BCUT2D eigenvalue weighted by atomic mass is 16.4. The van der Waals surface area contributed by atoms with Crippen molar-refractivity contribution in [2.45, 2.75) is 38.1 Å². The first-order chi connectivity index (χ1) is 9.97. The zero-order valence-electron chi connectivity index (χ0n) is 13.1. The predicted octanol–water partition coefficient (Wildman–Crippen LogP) is 1.32. The van der Waals surface area contributed by atoms with E-state index in [2.05, 4.69) is 19.0 Å². The highest BCUT2D eigenvalue weighted by molar-refractivity contribution is 5.74. The number of rotatable bonds is 3. The van der Waals surface area contributed by atoms with Crippen molar-refractivity contribution in [3.05, 3.63) is 0 Å². The van der Waals surface area contributed by atoms with Crippen molar-refractivity contribution in [1.82, 2.24) is 14.7 Å². The summed E-state index contributed by atoms with van der Waals surface area (Å²) < 4.78 is 0. The van der Waals surface area contributed by atoms with Gasteiger partial charge in [-0.05, 0) is 45.7 Å². The van der Waals surface area contributed by atoms with Crippen LogP contribution < -0.4 is 0 Å². The van der Waals surface area contributed by atoms with Crippen molar-refractivity contribution in [2.75, 3.05) is 40.3 Å². The first kappa shape index (κ1) is 16.1. The van der Waals surface area contributed by atoms with Crippen molar-refractivity contribution < 1.29 is 14.7 Å². The number of urea groups is 1. The number of hydrogen-bond donors (Lipinski definition) is 1. The van der Waals surface area contributed by atoms with Gasteiger partial charge in [0.15, 0.2) is 0 Å². The molecule has 0 aromatic carbocycles. The normalized spacial score (nSPS) is 21.9. The third-order valence-corrected chi connectivity index (χ3v) is 4.81. The third-order valence-electron chi connectivity index (χ3n) is 4.81. The number of nitrogens with zero attached hydrogens (tertiary/aromatic N) is 3. The van der Waals surface area contributed by atoms with Gasteiger partial charge < -0.3 is 19.8 Å². The molecular formula is C15H27N3O3. The van der Waals surface area contributed by atoms with E-state index in [1.807, 2.05) is 9.80 Å². The topological polar surface area (TPSA) is 64.1 Å². The van der Waals surface area contributed by atoms with E-state index in [-0.39, 0.29) is 18.4 Å². The second kappa shape index (κ2) is 7.11. The van der Waals surface area contributed by atoms with Crippen molar-refractivity contribution in [3.8, 4) is 0 Å². The lowest BCUT2D eigenvalue weighted by Crippen LogP contribution is -2.51. The SMILES string of the molecule is CN(C)C1CCN(C(=O)N2CCC(CC(=O)O)CC2)CC1. The summed E-state index contributed by atoms with van der Waals surface area (Å²) in [6, 6.07) is 0.719. The van der Waals surface area contributed by atoms with E-state index < -0.39 is 5.97 Å². The van der Waals surface area contributed by atoms with Crippen LogP contribution in [0.5, 0.6) is 0 Å². The van der Waals surface area contributed by atoms with Crippen LogP contribution in [0.1, 0.15) is 32.1 Å². The zero-order chi connectivity index (χ0) is 15.4. The molecule has 2 aliphatic rings. The molecule has 2 aliphatic heterocycles. The average Bonchev–Trinajstić information content (AvgIpc) is 2.47. The first-order valence-electron chi connectivity index (χ1n) is 7.89. The van der Waals surface area contributed by atoms with Gasteiger partial charge in [-0.1, -0.05) is 0 Å². The molecule has 2 saturated heterocycles. The Kier molecular flexibility index (Phi) is 5.45. The molecule has 0 unspecified atom stereocenters. The molecule has 2 rings (SSSR count). The standard InChI is InChI=1S/C15H27N3O3/c1-16(2)13-5-9-18(10-6-13)15(21)17-7-3-12(4-8-17)11-14(19)20/h12-13H,3-11H2,1-2H3,(H,19,20). The summed E-state index contributed by atoms with van der Waals surface area (Å²) in [5.74, 6) is -0.503. The molecule has 120 valence electrons. The largest absolute Gasteiger partial charge is 0.481 e. The fourth-order valence-corrected chi connectivity index (χ4v) is 3.35. The number of carboxylic acids is 1. The molecule has 0 saturated carbocycles. The van der Waals surface area contributed by atoms with E-state index in [9.17, 15) is 9.59 Å². The maximum absolute atomic E-state index is 12.5. The Bertz CT molecular complexity index is 370. The van der Waals surface area contributed by atoms with Crippen LogP contribution in [0.25, 0.3) is 0 Å².